The van der Waals surface area contributed by atoms with Crippen LogP contribution in [0.15, 0.2) is 42.5 Å². The number of aliphatic hydroxyl groups is 3. The van der Waals surface area contributed by atoms with E-state index in [-0.39, 0.29) is 18.4 Å². The minimum Gasteiger partial charge on any atom is -0.462 e. The third-order valence-electron chi connectivity index (χ3n) is 13.4. The van der Waals surface area contributed by atoms with Crippen LogP contribution in [0.25, 0.3) is 0 Å². The second-order valence-electron chi connectivity index (χ2n) is 15.7. The van der Waals surface area contributed by atoms with Crippen molar-refractivity contribution >= 4 is 11.8 Å². The summed E-state index contributed by atoms with van der Waals surface area (Å²) in [6, 6.07) is 8.77. The predicted molar refractivity (Wildman–Crippen MR) is 167 cm³/mol. The molecule has 1 aromatic carbocycles. The van der Waals surface area contributed by atoms with Crippen LogP contribution in [0.2, 0.25) is 0 Å². The number of esters is 1. The monoisotopic (exact) mass is 652 g/mol. The number of epoxide rings is 1. The number of Topliss-reactive ketones (excluding diaryl/α,β-unsaturated/α-hetero) is 1. The van der Waals surface area contributed by atoms with Crippen molar-refractivity contribution in [1.82, 2.24) is 0 Å². The van der Waals surface area contributed by atoms with Crippen molar-refractivity contribution in [3.05, 3.63) is 48.0 Å². The highest BCUT2D eigenvalue weighted by Crippen LogP contribution is 2.75. The molecule has 3 bridgehead atoms. The van der Waals surface area contributed by atoms with Gasteiger partial charge < -0.3 is 39.0 Å². The van der Waals surface area contributed by atoms with Gasteiger partial charge in [-0.3, -0.25) is 4.79 Å². The van der Waals surface area contributed by atoms with Crippen molar-refractivity contribution < 1.29 is 48.6 Å². The lowest BCUT2D eigenvalue weighted by Crippen LogP contribution is -2.74. The normalized spacial score (nSPS) is 51.2. The zero-order chi connectivity index (χ0) is 33.1. The van der Waals surface area contributed by atoms with Gasteiger partial charge in [0.15, 0.2) is 11.4 Å². The first-order valence-corrected chi connectivity index (χ1v) is 17.6. The number of ketones is 1. The lowest BCUT2D eigenvalue weighted by Gasteiger charge is -2.61. The van der Waals surface area contributed by atoms with E-state index in [0.29, 0.717) is 18.4 Å². The van der Waals surface area contributed by atoms with Gasteiger partial charge in [-0.05, 0) is 49.3 Å². The van der Waals surface area contributed by atoms with Gasteiger partial charge in [-0.15, -0.1) is 0 Å². The van der Waals surface area contributed by atoms with E-state index in [4.69, 9.17) is 23.7 Å². The Morgan fingerprint density at radius 3 is 2.49 bits per heavy atom. The molecule has 0 aromatic heterocycles. The van der Waals surface area contributed by atoms with Gasteiger partial charge >= 0.3 is 5.97 Å². The molecule has 8 rings (SSSR count). The minimum atomic E-state index is -2.30. The first-order chi connectivity index (χ1) is 22.4. The van der Waals surface area contributed by atoms with Gasteiger partial charge in [0, 0.05) is 30.1 Å². The summed E-state index contributed by atoms with van der Waals surface area (Å²) in [6.45, 7) is 9.56. The molecule has 4 heterocycles. The molecule has 4 saturated heterocycles. The summed E-state index contributed by atoms with van der Waals surface area (Å²) in [5, 5.41) is 36.0. The lowest BCUT2D eigenvalue weighted by atomic mass is 9.51. The third kappa shape index (κ3) is 4.03. The van der Waals surface area contributed by atoms with Crippen LogP contribution in [-0.4, -0.2) is 87.0 Å². The molecular formula is C37H48O10. The highest BCUT2D eigenvalue weighted by Gasteiger charge is 2.90. The van der Waals surface area contributed by atoms with Gasteiger partial charge in [-0.1, -0.05) is 70.7 Å². The van der Waals surface area contributed by atoms with E-state index < -0.39 is 88.7 Å². The van der Waals surface area contributed by atoms with Crippen LogP contribution in [0.5, 0.6) is 0 Å². The molecule has 10 heteroatoms. The molecular weight excluding hydrogens is 604 g/mol. The number of aliphatic hydroxyl groups excluding tert-OH is 2. The van der Waals surface area contributed by atoms with E-state index in [2.05, 4.69) is 13.5 Å². The van der Waals surface area contributed by atoms with Crippen molar-refractivity contribution in [3.63, 3.8) is 0 Å². The molecule has 3 N–H and O–H groups in total. The Balaban J connectivity index is 1.36. The van der Waals surface area contributed by atoms with Crippen LogP contribution in [0.1, 0.15) is 82.5 Å². The molecule has 3 aliphatic carbocycles. The second kappa shape index (κ2) is 10.7. The topological polar surface area (TPSA) is 144 Å². The Bertz CT molecular complexity index is 1470. The van der Waals surface area contributed by atoms with Crippen LogP contribution in [-0.2, 0) is 28.5 Å². The summed E-state index contributed by atoms with van der Waals surface area (Å²) in [6.07, 6.45) is 3.21. The summed E-state index contributed by atoms with van der Waals surface area (Å²) in [5.74, 6) is -5.64. The smallest absolute Gasteiger partial charge is 0.338 e. The zero-order valence-corrected chi connectivity index (χ0v) is 27.6. The van der Waals surface area contributed by atoms with Crippen molar-refractivity contribution in [2.75, 3.05) is 13.2 Å². The highest BCUT2D eigenvalue weighted by atomic mass is 16.9. The van der Waals surface area contributed by atoms with Crippen molar-refractivity contribution in [2.24, 2.45) is 35.5 Å². The van der Waals surface area contributed by atoms with E-state index in [1.165, 1.54) is 0 Å². The van der Waals surface area contributed by atoms with Crippen LogP contribution >= 0.6 is 0 Å². The fraction of sp³-hybridized carbons (Fsp3) is 0.730. The fourth-order valence-electron chi connectivity index (χ4n) is 11.2. The number of carbonyl (C=O) groups is 2. The van der Waals surface area contributed by atoms with Gasteiger partial charge in [-0.2, -0.15) is 0 Å². The van der Waals surface area contributed by atoms with Gasteiger partial charge in [-0.25, -0.2) is 4.79 Å². The van der Waals surface area contributed by atoms with Gasteiger partial charge in [0.1, 0.15) is 29.5 Å². The van der Waals surface area contributed by atoms with Crippen LogP contribution in [0, 0.1) is 35.5 Å². The maximum atomic E-state index is 14.5. The van der Waals surface area contributed by atoms with Crippen LogP contribution < -0.4 is 0 Å². The van der Waals surface area contributed by atoms with E-state index in [1.54, 1.807) is 24.3 Å². The first kappa shape index (κ1) is 32.0. The molecule has 1 aromatic rings. The average molecular weight is 653 g/mol. The fourth-order valence-corrected chi connectivity index (χ4v) is 11.2. The SMILES string of the molecule is C=C(C)C12CC(COC(=O)c3ccccc3)C34OC5(CCCCCCCC(C)C6C(C)C(=O)C(O)(C(O)C7(CO)OC7C3C1O5)C64)O2. The minimum absolute atomic E-state index is 0.00214. The Morgan fingerprint density at radius 1 is 1.04 bits per heavy atom. The summed E-state index contributed by atoms with van der Waals surface area (Å²) >= 11 is 0. The Labute approximate surface area is 275 Å². The van der Waals surface area contributed by atoms with E-state index in [9.17, 15) is 24.9 Å². The Hall–Kier alpha value is -2.18. The van der Waals surface area contributed by atoms with E-state index in [1.807, 2.05) is 19.9 Å². The number of rotatable bonds is 5. The summed E-state index contributed by atoms with van der Waals surface area (Å²) < 4.78 is 33.7. The molecule has 256 valence electrons. The predicted octanol–water partition coefficient (Wildman–Crippen LogP) is 3.70. The largest absolute Gasteiger partial charge is 0.462 e. The summed E-state index contributed by atoms with van der Waals surface area (Å²) in [5.41, 5.74) is -5.20. The number of hydrogen-bond acceptors (Lipinski definition) is 10. The van der Waals surface area contributed by atoms with Crippen LogP contribution in [0.4, 0.5) is 0 Å². The number of hydrogen-bond donors (Lipinski definition) is 3. The maximum Gasteiger partial charge on any atom is 0.338 e. The molecule has 0 amide bonds. The van der Waals surface area contributed by atoms with Crippen molar-refractivity contribution in [3.8, 4) is 0 Å². The molecule has 47 heavy (non-hydrogen) atoms. The van der Waals surface area contributed by atoms with Gasteiger partial charge in [0.25, 0.3) is 5.97 Å². The molecule has 7 fully saturated rings. The molecule has 14 unspecified atom stereocenters. The Morgan fingerprint density at radius 2 is 1.77 bits per heavy atom. The van der Waals surface area contributed by atoms with E-state index in [0.717, 1.165) is 44.1 Å². The number of fused-ring (bicyclic) bond motifs is 1. The zero-order valence-electron chi connectivity index (χ0n) is 27.6. The standard InChI is InChI=1S/C37H48O10/c1-20(2)33-17-24(18-43-31(40)23-14-10-8-11-15-23)37-26-29(33)45-35(46-33,47-37)16-12-7-5-6-9-13-21(3)25-22(4)28(39)36(42,27(25)37)32(41)34(19-38)30(26)44-34/h8,10-11,14-15,21-22,24-27,29-30,32,38,41-42H,1,5-7,9,12-13,16-19H2,2-4H3. The molecule has 3 saturated carbocycles. The molecule has 10 nitrogen and oxygen atoms in total. The first-order valence-electron chi connectivity index (χ1n) is 17.6. The van der Waals surface area contributed by atoms with Crippen molar-refractivity contribution in [1.29, 1.82) is 0 Å². The summed E-state index contributed by atoms with van der Waals surface area (Å²) in [4.78, 5) is 28.0. The van der Waals surface area contributed by atoms with Gasteiger partial charge in [0.2, 0.25) is 0 Å². The number of carbonyl (C=O) groups excluding carboxylic acids is 2. The quantitative estimate of drug-likeness (QED) is 0.245. The maximum absolute atomic E-state index is 14.5. The lowest BCUT2D eigenvalue weighted by molar-refractivity contribution is -0.438. The molecule has 2 spiro atoms. The van der Waals surface area contributed by atoms with E-state index >= 15 is 0 Å². The van der Waals surface area contributed by atoms with Gasteiger partial charge in [0.05, 0.1) is 24.4 Å². The van der Waals surface area contributed by atoms with Crippen LogP contribution in [0.3, 0.4) is 0 Å². The number of ether oxygens (including phenoxy) is 5. The molecule has 0 radical (unpaired) electrons. The second-order valence-corrected chi connectivity index (χ2v) is 15.7. The third-order valence-corrected chi connectivity index (χ3v) is 13.4. The Kier molecular flexibility index (Phi) is 7.27. The molecule has 7 aliphatic rings. The van der Waals surface area contributed by atoms with Crippen molar-refractivity contribution in [2.45, 2.75) is 119 Å². The molecule has 4 aliphatic heterocycles. The molecule has 14 atom stereocenters. The average Bonchev–Trinajstić information content (AvgIpc) is 3.70. The number of benzene rings is 1. The highest BCUT2D eigenvalue weighted by molar-refractivity contribution is 5.94. The summed E-state index contributed by atoms with van der Waals surface area (Å²) in [7, 11) is 0.